The molecule has 102 valence electrons. The van der Waals surface area contributed by atoms with Crippen LogP contribution in [0.3, 0.4) is 0 Å². The molecule has 0 amide bonds. The van der Waals surface area contributed by atoms with Crippen molar-refractivity contribution in [3.05, 3.63) is 71.9 Å². The molecule has 2 aromatic carbocycles. The highest BCUT2D eigenvalue weighted by Crippen LogP contribution is 2.47. The van der Waals surface area contributed by atoms with Crippen LogP contribution in [0.25, 0.3) is 22.6 Å². The highest BCUT2D eigenvalue weighted by Gasteiger charge is 2.36. The molecule has 3 aromatic rings. The van der Waals surface area contributed by atoms with Crippen molar-refractivity contribution in [1.29, 1.82) is 0 Å². The van der Waals surface area contributed by atoms with Gasteiger partial charge >= 0.3 is 0 Å². The Morgan fingerprint density at radius 2 is 1.52 bits per heavy atom. The van der Waals surface area contributed by atoms with Crippen LogP contribution in [0.1, 0.15) is 25.0 Å². The maximum atomic E-state index is 4.85. The lowest BCUT2D eigenvalue weighted by Gasteiger charge is -2.20. The van der Waals surface area contributed by atoms with Gasteiger partial charge in [0.25, 0.3) is 0 Å². The summed E-state index contributed by atoms with van der Waals surface area (Å²) in [6.45, 7) is 4.48. The van der Waals surface area contributed by atoms with Crippen molar-refractivity contribution in [2.45, 2.75) is 19.3 Å². The summed E-state index contributed by atoms with van der Waals surface area (Å²) in [5, 5.41) is 0. The normalized spacial score (nSPS) is 14.6. The average molecular weight is 272 g/mol. The molecule has 1 aliphatic rings. The summed E-state index contributed by atoms with van der Waals surface area (Å²) >= 11 is 0. The number of fused-ring (bicyclic) bond motifs is 3. The first-order valence-corrected chi connectivity index (χ1v) is 7.21. The monoisotopic (exact) mass is 272 g/mol. The first-order valence-electron chi connectivity index (χ1n) is 7.21. The van der Waals surface area contributed by atoms with Gasteiger partial charge in [0.05, 0.1) is 5.69 Å². The van der Waals surface area contributed by atoms with Crippen LogP contribution in [0.5, 0.6) is 0 Å². The Balaban J connectivity index is 1.96. The Bertz CT molecular complexity index is 820. The Morgan fingerprint density at radius 1 is 0.810 bits per heavy atom. The molecule has 21 heavy (non-hydrogen) atoms. The average Bonchev–Trinajstić information content (AvgIpc) is 2.77. The van der Waals surface area contributed by atoms with Crippen LogP contribution in [-0.4, -0.2) is 9.97 Å². The van der Waals surface area contributed by atoms with Gasteiger partial charge < -0.3 is 0 Å². The van der Waals surface area contributed by atoms with E-state index in [4.69, 9.17) is 4.98 Å². The van der Waals surface area contributed by atoms with E-state index in [0.29, 0.717) is 0 Å². The van der Waals surface area contributed by atoms with E-state index in [1.165, 1.54) is 16.7 Å². The van der Waals surface area contributed by atoms with Crippen molar-refractivity contribution in [2.75, 3.05) is 0 Å². The first kappa shape index (κ1) is 12.3. The minimum absolute atomic E-state index is 0.0266. The SMILES string of the molecule is CC1(C)c2ccccc2-c2nc(-c3ccccc3)ncc21. The zero-order valence-electron chi connectivity index (χ0n) is 12.2. The Morgan fingerprint density at radius 3 is 2.33 bits per heavy atom. The van der Waals surface area contributed by atoms with Gasteiger partial charge in [0, 0.05) is 28.3 Å². The number of nitrogens with zero attached hydrogens (tertiary/aromatic N) is 2. The highest BCUT2D eigenvalue weighted by molar-refractivity contribution is 5.78. The van der Waals surface area contributed by atoms with E-state index in [2.05, 4.69) is 43.1 Å². The van der Waals surface area contributed by atoms with E-state index in [0.717, 1.165) is 17.1 Å². The minimum atomic E-state index is -0.0266. The zero-order chi connectivity index (χ0) is 14.4. The molecule has 2 heteroatoms. The third-order valence-electron chi connectivity index (χ3n) is 4.35. The lowest BCUT2D eigenvalue weighted by atomic mass is 9.83. The standard InChI is InChI=1S/C19H16N2/c1-19(2)15-11-7-6-10-14(15)17-16(19)12-20-18(21-17)13-8-4-3-5-9-13/h3-12H,1-2H3. The second-order valence-electron chi connectivity index (χ2n) is 5.99. The molecule has 1 aliphatic carbocycles. The van der Waals surface area contributed by atoms with Gasteiger partial charge in [-0.1, -0.05) is 68.4 Å². The van der Waals surface area contributed by atoms with Crippen molar-refractivity contribution in [1.82, 2.24) is 9.97 Å². The van der Waals surface area contributed by atoms with Crippen LogP contribution in [-0.2, 0) is 5.41 Å². The van der Waals surface area contributed by atoms with Gasteiger partial charge in [-0.25, -0.2) is 9.97 Å². The molecule has 0 unspecified atom stereocenters. The largest absolute Gasteiger partial charge is 0.236 e. The molecule has 1 heterocycles. The summed E-state index contributed by atoms with van der Waals surface area (Å²) in [6.07, 6.45) is 1.99. The smallest absolute Gasteiger partial charge is 0.159 e. The zero-order valence-corrected chi connectivity index (χ0v) is 12.2. The van der Waals surface area contributed by atoms with E-state index < -0.39 is 0 Å². The van der Waals surface area contributed by atoms with Crippen molar-refractivity contribution in [3.8, 4) is 22.6 Å². The number of hydrogen-bond donors (Lipinski definition) is 0. The van der Waals surface area contributed by atoms with Gasteiger partial charge in [0.1, 0.15) is 0 Å². The molecule has 1 aromatic heterocycles. The topological polar surface area (TPSA) is 25.8 Å². The molecule has 0 atom stereocenters. The molecule has 0 spiro atoms. The molecule has 0 N–H and O–H groups in total. The van der Waals surface area contributed by atoms with Crippen LogP contribution in [0.15, 0.2) is 60.8 Å². The fourth-order valence-electron chi connectivity index (χ4n) is 3.15. The molecule has 0 fully saturated rings. The Hall–Kier alpha value is -2.48. The maximum Gasteiger partial charge on any atom is 0.159 e. The summed E-state index contributed by atoms with van der Waals surface area (Å²) in [7, 11) is 0. The quantitative estimate of drug-likeness (QED) is 0.654. The van der Waals surface area contributed by atoms with Crippen molar-refractivity contribution in [2.24, 2.45) is 0 Å². The molecular weight excluding hydrogens is 256 g/mol. The molecule has 0 saturated heterocycles. The summed E-state index contributed by atoms with van der Waals surface area (Å²) in [5.41, 5.74) is 5.88. The maximum absolute atomic E-state index is 4.85. The molecule has 0 bridgehead atoms. The van der Waals surface area contributed by atoms with Crippen LogP contribution >= 0.6 is 0 Å². The van der Waals surface area contributed by atoms with Gasteiger partial charge in [-0.3, -0.25) is 0 Å². The number of aromatic nitrogens is 2. The third kappa shape index (κ3) is 1.72. The molecule has 0 aliphatic heterocycles. The van der Waals surface area contributed by atoms with Crippen molar-refractivity contribution < 1.29 is 0 Å². The van der Waals surface area contributed by atoms with Gasteiger partial charge in [0.15, 0.2) is 5.82 Å². The molecule has 4 rings (SSSR count). The Labute approximate surface area is 124 Å². The van der Waals surface area contributed by atoms with E-state index in [1.807, 2.05) is 36.5 Å². The van der Waals surface area contributed by atoms with E-state index >= 15 is 0 Å². The van der Waals surface area contributed by atoms with E-state index in [-0.39, 0.29) is 5.41 Å². The van der Waals surface area contributed by atoms with Crippen LogP contribution in [0, 0.1) is 0 Å². The number of rotatable bonds is 1. The summed E-state index contributed by atoms with van der Waals surface area (Å²) in [5.74, 6) is 0.793. The second kappa shape index (κ2) is 4.26. The van der Waals surface area contributed by atoms with Gasteiger partial charge in [-0.2, -0.15) is 0 Å². The van der Waals surface area contributed by atoms with Crippen LogP contribution in [0.2, 0.25) is 0 Å². The van der Waals surface area contributed by atoms with Crippen molar-refractivity contribution in [3.63, 3.8) is 0 Å². The molecule has 0 saturated carbocycles. The fraction of sp³-hybridized carbons (Fsp3) is 0.158. The molecule has 2 nitrogen and oxygen atoms in total. The van der Waals surface area contributed by atoms with Crippen LogP contribution < -0.4 is 0 Å². The predicted molar refractivity (Wildman–Crippen MR) is 85.0 cm³/mol. The number of benzene rings is 2. The highest BCUT2D eigenvalue weighted by atomic mass is 14.9. The molecular formula is C19H16N2. The van der Waals surface area contributed by atoms with Gasteiger partial charge in [-0.05, 0) is 5.56 Å². The van der Waals surface area contributed by atoms with E-state index in [9.17, 15) is 0 Å². The predicted octanol–water partition coefficient (Wildman–Crippen LogP) is 4.45. The minimum Gasteiger partial charge on any atom is -0.236 e. The van der Waals surface area contributed by atoms with Gasteiger partial charge in [-0.15, -0.1) is 0 Å². The third-order valence-corrected chi connectivity index (χ3v) is 4.35. The molecule has 0 radical (unpaired) electrons. The van der Waals surface area contributed by atoms with E-state index in [1.54, 1.807) is 0 Å². The fourth-order valence-corrected chi connectivity index (χ4v) is 3.15. The summed E-state index contributed by atoms with van der Waals surface area (Å²) in [6, 6.07) is 18.7. The first-order chi connectivity index (χ1) is 10.2. The lowest BCUT2D eigenvalue weighted by molar-refractivity contribution is 0.655. The summed E-state index contributed by atoms with van der Waals surface area (Å²) in [4.78, 5) is 9.44. The Kier molecular flexibility index (Phi) is 2.49. The van der Waals surface area contributed by atoms with Crippen LogP contribution in [0.4, 0.5) is 0 Å². The van der Waals surface area contributed by atoms with Gasteiger partial charge in [0.2, 0.25) is 0 Å². The lowest BCUT2D eigenvalue weighted by Crippen LogP contribution is -2.15. The summed E-state index contributed by atoms with van der Waals surface area (Å²) < 4.78 is 0. The second-order valence-corrected chi connectivity index (χ2v) is 5.99. The van der Waals surface area contributed by atoms with Crippen molar-refractivity contribution >= 4 is 0 Å². The number of hydrogen-bond acceptors (Lipinski definition) is 2.